The summed E-state index contributed by atoms with van der Waals surface area (Å²) in [5.74, 6) is 0.760. The number of likely N-dealkylation sites (tertiary alicyclic amines) is 1. The van der Waals surface area contributed by atoms with Gasteiger partial charge < -0.3 is 4.90 Å². The van der Waals surface area contributed by atoms with Crippen LogP contribution in [0.3, 0.4) is 0 Å². The number of benzene rings is 2. The minimum atomic E-state index is 0.302. The molecule has 0 unspecified atom stereocenters. The van der Waals surface area contributed by atoms with Crippen LogP contribution in [0.25, 0.3) is 22.5 Å². The van der Waals surface area contributed by atoms with E-state index in [1.54, 1.807) is 0 Å². The number of hydrogen-bond donors (Lipinski definition) is 0. The molecule has 0 aliphatic carbocycles. The van der Waals surface area contributed by atoms with Gasteiger partial charge in [0.05, 0.1) is 17.4 Å². The van der Waals surface area contributed by atoms with Crippen molar-refractivity contribution >= 4 is 5.91 Å². The van der Waals surface area contributed by atoms with Gasteiger partial charge in [-0.2, -0.15) is 5.10 Å². The van der Waals surface area contributed by atoms with E-state index < -0.39 is 0 Å². The molecule has 156 valence electrons. The molecule has 1 aliphatic heterocycles. The molecule has 0 saturated carbocycles. The van der Waals surface area contributed by atoms with Crippen LogP contribution in [-0.4, -0.2) is 33.7 Å². The second-order valence-corrected chi connectivity index (χ2v) is 8.42. The van der Waals surface area contributed by atoms with Gasteiger partial charge in [0, 0.05) is 25.1 Å². The lowest BCUT2D eigenvalue weighted by atomic mass is 10.0. The molecular weight excluding hydrogens is 370 g/mol. The summed E-state index contributed by atoms with van der Waals surface area (Å²) in [6, 6.07) is 23.4. The van der Waals surface area contributed by atoms with E-state index in [0.717, 1.165) is 49.3 Å². The van der Waals surface area contributed by atoms with E-state index >= 15 is 0 Å². The fourth-order valence-corrected chi connectivity index (χ4v) is 4.18. The van der Waals surface area contributed by atoms with E-state index in [1.165, 1.54) is 5.56 Å². The molecule has 3 aromatic rings. The van der Waals surface area contributed by atoms with Crippen molar-refractivity contribution < 1.29 is 4.79 Å². The summed E-state index contributed by atoms with van der Waals surface area (Å²) < 4.78 is 2.20. The van der Waals surface area contributed by atoms with Gasteiger partial charge in [-0.05, 0) is 30.4 Å². The van der Waals surface area contributed by atoms with Gasteiger partial charge in [0.25, 0.3) is 0 Å². The Morgan fingerprint density at radius 3 is 2.20 bits per heavy atom. The SMILES string of the molecule is CC[C@@H](C)CC(=O)N1CCC(n2nc(-c3ccccc3)cc2-c2ccccc2)CC1. The summed E-state index contributed by atoms with van der Waals surface area (Å²) >= 11 is 0. The maximum atomic E-state index is 12.6. The van der Waals surface area contributed by atoms with Gasteiger partial charge in [0.2, 0.25) is 5.91 Å². The number of amides is 1. The third kappa shape index (κ3) is 4.48. The van der Waals surface area contributed by atoms with E-state index in [9.17, 15) is 4.79 Å². The summed E-state index contributed by atoms with van der Waals surface area (Å²) in [6.07, 6.45) is 3.61. The van der Waals surface area contributed by atoms with Gasteiger partial charge in [-0.1, -0.05) is 80.9 Å². The van der Waals surface area contributed by atoms with Crippen LogP contribution in [0.1, 0.15) is 45.6 Å². The normalized spacial score (nSPS) is 15.9. The lowest BCUT2D eigenvalue weighted by Crippen LogP contribution is -2.39. The number of nitrogens with zero attached hydrogens (tertiary/aromatic N) is 3. The van der Waals surface area contributed by atoms with E-state index in [0.29, 0.717) is 24.3 Å². The molecule has 1 fully saturated rings. The first-order valence-electron chi connectivity index (χ1n) is 11.1. The van der Waals surface area contributed by atoms with Gasteiger partial charge in [-0.3, -0.25) is 9.48 Å². The second kappa shape index (κ2) is 9.29. The van der Waals surface area contributed by atoms with Crippen molar-refractivity contribution in [2.24, 2.45) is 5.92 Å². The van der Waals surface area contributed by atoms with Gasteiger partial charge in [0.1, 0.15) is 0 Å². The summed E-state index contributed by atoms with van der Waals surface area (Å²) in [7, 11) is 0. The van der Waals surface area contributed by atoms with Crippen molar-refractivity contribution in [3.05, 3.63) is 66.7 Å². The van der Waals surface area contributed by atoms with Gasteiger partial charge in [-0.25, -0.2) is 0 Å². The highest BCUT2D eigenvalue weighted by atomic mass is 16.2. The zero-order valence-electron chi connectivity index (χ0n) is 18.0. The van der Waals surface area contributed by atoms with Crippen molar-refractivity contribution in [2.45, 2.75) is 45.6 Å². The van der Waals surface area contributed by atoms with E-state index in [1.807, 2.05) is 17.0 Å². The van der Waals surface area contributed by atoms with Crippen molar-refractivity contribution in [1.82, 2.24) is 14.7 Å². The average Bonchev–Trinajstić information content (AvgIpc) is 3.26. The Hall–Kier alpha value is -2.88. The molecule has 0 N–H and O–H groups in total. The maximum Gasteiger partial charge on any atom is 0.222 e. The molecule has 4 heteroatoms. The van der Waals surface area contributed by atoms with E-state index in [2.05, 4.69) is 73.1 Å². The van der Waals surface area contributed by atoms with E-state index in [-0.39, 0.29) is 0 Å². The molecule has 2 heterocycles. The van der Waals surface area contributed by atoms with Crippen molar-refractivity contribution in [1.29, 1.82) is 0 Å². The Kier molecular flexibility index (Phi) is 6.32. The highest BCUT2D eigenvalue weighted by Crippen LogP contribution is 2.32. The first kappa shape index (κ1) is 20.4. The quantitative estimate of drug-likeness (QED) is 0.522. The smallest absolute Gasteiger partial charge is 0.222 e. The number of carbonyl (C=O) groups excluding carboxylic acids is 1. The summed E-state index contributed by atoms with van der Waals surface area (Å²) in [6.45, 7) is 5.94. The van der Waals surface area contributed by atoms with Crippen molar-refractivity contribution in [3.8, 4) is 22.5 Å². The minimum Gasteiger partial charge on any atom is -0.343 e. The third-order valence-electron chi connectivity index (χ3n) is 6.26. The molecule has 0 bridgehead atoms. The summed E-state index contributed by atoms with van der Waals surface area (Å²) in [4.78, 5) is 14.6. The van der Waals surface area contributed by atoms with E-state index in [4.69, 9.17) is 5.10 Å². The Balaban J connectivity index is 1.56. The van der Waals surface area contributed by atoms with Gasteiger partial charge in [-0.15, -0.1) is 0 Å². The predicted octanol–water partition coefficient (Wildman–Crippen LogP) is 5.82. The predicted molar refractivity (Wildman–Crippen MR) is 122 cm³/mol. The molecule has 4 nitrogen and oxygen atoms in total. The highest BCUT2D eigenvalue weighted by Gasteiger charge is 2.27. The van der Waals surface area contributed by atoms with Gasteiger partial charge in [0.15, 0.2) is 0 Å². The Morgan fingerprint density at radius 1 is 1.00 bits per heavy atom. The molecule has 1 aliphatic rings. The van der Waals surface area contributed by atoms with Crippen molar-refractivity contribution in [2.75, 3.05) is 13.1 Å². The zero-order valence-corrected chi connectivity index (χ0v) is 18.0. The number of carbonyl (C=O) groups is 1. The second-order valence-electron chi connectivity index (χ2n) is 8.42. The Bertz CT molecular complexity index is 956. The standard InChI is InChI=1S/C26H31N3O/c1-3-20(2)18-26(30)28-16-14-23(15-17-28)29-25(22-12-8-5-9-13-22)19-24(27-29)21-10-6-4-7-11-21/h4-13,19-20,23H,3,14-18H2,1-2H3/t20-/m1/s1. The van der Waals surface area contributed by atoms with Crippen LogP contribution in [0.5, 0.6) is 0 Å². The van der Waals surface area contributed by atoms with Crippen LogP contribution in [0.2, 0.25) is 0 Å². The number of aromatic nitrogens is 2. The number of rotatable bonds is 6. The molecule has 1 amide bonds. The van der Waals surface area contributed by atoms with Crippen molar-refractivity contribution in [3.63, 3.8) is 0 Å². The maximum absolute atomic E-state index is 12.6. The molecule has 0 spiro atoms. The summed E-state index contributed by atoms with van der Waals surface area (Å²) in [5.41, 5.74) is 4.47. The zero-order chi connectivity index (χ0) is 20.9. The molecule has 1 atom stereocenters. The minimum absolute atomic E-state index is 0.302. The molecule has 1 aromatic heterocycles. The van der Waals surface area contributed by atoms with Crippen LogP contribution in [0.15, 0.2) is 66.7 Å². The third-order valence-corrected chi connectivity index (χ3v) is 6.26. The van der Waals surface area contributed by atoms with Crippen LogP contribution in [-0.2, 0) is 4.79 Å². The van der Waals surface area contributed by atoms with Crippen LogP contribution in [0.4, 0.5) is 0 Å². The lowest BCUT2D eigenvalue weighted by Gasteiger charge is -2.33. The Morgan fingerprint density at radius 2 is 1.60 bits per heavy atom. The molecule has 30 heavy (non-hydrogen) atoms. The van der Waals surface area contributed by atoms with Crippen LogP contribution >= 0.6 is 0 Å². The van der Waals surface area contributed by atoms with Crippen LogP contribution in [0, 0.1) is 5.92 Å². The first-order chi connectivity index (χ1) is 14.7. The largest absolute Gasteiger partial charge is 0.343 e. The molecule has 0 radical (unpaired) electrons. The summed E-state index contributed by atoms with van der Waals surface area (Å²) in [5, 5.41) is 5.03. The number of hydrogen-bond acceptors (Lipinski definition) is 2. The first-order valence-corrected chi connectivity index (χ1v) is 11.1. The molecular formula is C26H31N3O. The van der Waals surface area contributed by atoms with Crippen LogP contribution < -0.4 is 0 Å². The number of piperidine rings is 1. The molecule has 2 aromatic carbocycles. The Labute approximate surface area is 179 Å². The fourth-order valence-electron chi connectivity index (χ4n) is 4.18. The van der Waals surface area contributed by atoms with Gasteiger partial charge >= 0.3 is 0 Å². The fraction of sp³-hybridized carbons (Fsp3) is 0.385. The lowest BCUT2D eigenvalue weighted by molar-refractivity contribution is -0.133. The molecule has 1 saturated heterocycles. The average molecular weight is 402 g/mol. The highest BCUT2D eigenvalue weighted by molar-refractivity contribution is 5.76. The monoisotopic (exact) mass is 401 g/mol. The topological polar surface area (TPSA) is 38.1 Å². The molecule has 4 rings (SSSR count).